The van der Waals surface area contributed by atoms with Crippen LogP contribution in [-0.2, 0) is 9.53 Å². The van der Waals surface area contributed by atoms with Crippen molar-refractivity contribution in [3.8, 4) is 0 Å². The summed E-state index contributed by atoms with van der Waals surface area (Å²) in [6.07, 6.45) is 2.53. The molecule has 1 fully saturated rings. The summed E-state index contributed by atoms with van der Waals surface area (Å²) in [6.45, 7) is 0.616. The third-order valence-corrected chi connectivity index (χ3v) is 2.42. The van der Waals surface area contributed by atoms with Crippen molar-refractivity contribution in [2.24, 2.45) is 0 Å². The van der Waals surface area contributed by atoms with Gasteiger partial charge in [0.25, 0.3) is 0 Å². The number of Topliss-reactive ketones (excluding diaryl/α,β-unsaturated/α-hetero) is 2. The zero-order valence-corrected chi connectivity index (χ0v) is 8.27. The Kier molecular flexibility index (Phi) is 2.97. The van der Waals surface area contributed by atoms with Crippen LogP contribution < -0.4 is 0 Å². The third kappa shape index (κ3) is 2.33. The molecule has 0 aromatic carbocycles. The fraction of sp³-hybridized carbons (Fsp3) is 0.455. The normalized spacial score (nSPS) is 20.4. The Morgan fingerprint density at radius 2 is 2.33 bits per heavy atom. The summed E-state index contributed by atoms with van der Waals surface area (Å²) in [5.41, 5.74) is 0. The van der Waals surface area contributed by atoms with Gasteiger partial charge in [-0.1, -0.05) is 0 Å². The van der Waals surface area contributed by atoms with Gasteiger partial charge in [-0.05, 0) is 25.0 Å². The van der Waals surface area contributed by atoms with E-state index >= 15 is 0 Å². The molecule has 1 unspecified atom stereocenters. The Hall–Kier alpha value is -1.42. The van der Waals surface area contributed by atoms with Crippen LogP contribution in [0, 0.1) is 0 Å². The van der Waals surface area contributed by atoms with Gasteiger partial charge in [0.2, 0.25) is 5.78 Å². The quantitative estimate of drug-likeness (QED) is 0.557. The van der Waals surface area contributed by atoms with Gasteiger partial charge in [0.1, 0.15) is 6.10 Å². The van der Waals surface area contributed by atoms with Crippen molar-refractivity contribution in [1.29, 1.82) is 0 Å². The molecule has 80 valence electrons. The van der Waals surface area contributed by atoms with Gasteiger partial charge >= 0.3 is 0 Å². The fourth-order valence-electron chi connectivity index (χ4n) is 1.63. The van der Waals surface area contributed by atoms with E-state index in [1.54, 1.807) is 12.1 Å². The molecule has 2 rings (SSSR count). The highest BCUT2D eigenvalue weighted by atomic mass is 16.5. The first-order chi connectivity index (χ1) is 7.27. The third-order valence-electron chi connectivity index (χ3n) is 2.42. The first-order valence-corrected chi connectivity index (χ1v) is 4.98. The van der Waals surface area contributed by atoms with Crippen molar-refractivity contribution in [3.05, 3.63) is 24.2 Å². The second-order valence-electron chi connectivity index (χ2n) is 3.55. The lowest BCUT2D eigenvalue weighted by atomic mass is 10.1. The second-order valence-corrected chi connectivity index (χ2v) is 3.55. The molecule has 2 heterocycles. The van der Waals surface area contributed by atoms with Crippen LogP contribution in [0.5, 0.6) is 0 Å². The number of ether oxygens (including phenoxy) is 1. The molecule has 0 N–H and O–H groups in total. The lowest BCUT2D eigenvalue weighted by molar-refractivity contribution is -0.126. The average Bonchev–Trinajstić information content (AvgIpc) is 2.91. The van der Waals surface area contributed by atoms with Crippen molar-refractivity contribution in [2.45, 2.75) is 25.4 Å². The number of ketones is 2. The maximum absolute atomic E-state index is 11.6. The summed E-state index contributed by atoms with van der Waals surface area (Å²) in [4.78, 5) is 23.1. The minimum Gasteiger partial charge on any atom is -0.461 e. The molecule has 0 radical (unpaired) electrons. The fourth-order valence-corrected chi connectivity index (χ4v) is 1.63. The standard InChI is InChI=1S/C11H12O4/c12-8(10-3-1-5-14-10)7-9(13)11-4-2-6-15-11/h1,3,5,11H,2,4,6-7H2. The lowest BCUT2D eigenvalue weighted by Gasteiger charge is -2.05. The molecule has 1 aromatic heterocycles. The van der Waals surface area contributed by atoms with Crippen molar-refractivity contribution < 1.29 is 18.7 Å². The molecule has 1 saturated heterocycles. The Labute approximate surface area is 87.2 Å². The predicted molar refractivity (Wildman–Crippen MR) is 51.6 cm³/mol. The van der Waals surface area contributed by atoms with Gasteiger partial charge in [0.15, 0.2) is 11.5 Å². The minimum absolute atomic E-state index is 0.127. The van der Waals surface area contributed by atoms with Crippen LogP contribution in [-0.4, -0.2) is 24.3 Å². The van der Waals surface area contributed by atoms with Gasteiger partial charge in [-0.15, -0.1) is 0 Å². The first kappa shape index (κ1) is 10.1. The molecule has 1 aliphatic rings. The van der Waals surface area contributed by atoms with Crippen LogP contribution in [0.25, 0.3) is 0 Å². The van der Waals surface area contributed by atoms with Crippen LogP contribution >= 0.6 is 0 Å². The number of furan rings is 1. The van der Waals surface area contributed by atoms with E-state index in [9.17, 15) is 9.59 Å². The Morgan fingerprint density at radius 3 is 2.93 bits per heavy atom. The summed E-state index contributed by atoms with van der Waals surface area (Å²) in [6, 6.07) is 3.19. The summed E-state index contributed by atoms with van der Waals surface area (Å²) in [7, 11) is 0. The second kappa shape index (κ2) is 4.40. The molecule has 0 spiro atoms. The van der Waals surface area contributed by atoms with E-state index in [0.29, 0.717) is 6.61 Å². The van der Waals surface area contributed by atoms with E-state index in [1.165, 1.54) is 6.26 Å². The Bertz CT molecular complexity index is 347. The highest BCUT2D eigenvalue weighted by Crippen LogP contribution is 2.15. The minimum atomic E-state index is -0.385. The molecular formula is C11H12O4. The zero-order valence-electron chi connectivity index (χ0n) is 8.27. The SMILES string of the molecule is O=C(CC(=O)C1CCCO1)c1ccco1. The lowest BCUT2D eigenvalue weighted by Crippen LogP contribution is -2.22. The predicted octanol–water partition coefficient (Wildman–Crippen LogP) is 1.60. The maximum Gasteiger partial charge on any atom is 0.205 e. The van der Waals surface area contributed by atoms with E-state index in [2.05, 4.69) is 0 Å². The van der Waals surface area contributed by atoms with Crippen molar-refractivity contribution in [1.82, 2.24) is 0 Å². The summed E-state index contributed by atoms with van der Waals surface area (Å²) < 4.78 is 10.1. The molecule has 0 saturated carbocycles. The van der Waals surface area contributed by atoms with Crippen molar-refractivity contribution in [3.63, 3.8) is 0 Å². The van der Waals surface area contributed by atoms with Gasteiger partial charge in [0.05, 0.1) is 12.7 Å². The maximum atomic E-state index is 11.6. The number of carbonyl (C=O) groups excluding carboxylic acids is 2. The van der Waals surface area contributed by atoms with E-state index < -0.39 is 0 Å². The Morgan fingerprint density at radius 1 is 1.47 bits per heavy atom. The van der Waals surface area contributed by atoms with E-state index in [4.69, 9.17) is 9.15 Å². The molecule has 0 bridgehead atoms. The molecule has 1 aromatic rings. The van der Waals surface area contributed by atoms with Gasteiger partial charge in [-0.2, -0.15) is 0 Å². The topological polar surface area (TPSA) is 56.5 Å². The smallest absolute Gasteiger partial charge is 0.205 e. The highest BCUT2D eigenvalue weighted by Gasteiger charge is 2.26. The van der Waals surface area contributed by atoms with Crippen LogP contribution in [0.4, 0.5) is 0 Å². The van der Waals surface area contributed by atoms with Gasteiger partial charge in [0, 0.05) is 6.61 Å². The number of rotatable bonds is 4. The van der Waals surface area contributed by atoms with Crippen molar-refractivity contribution in [2.75, 3.05) is 6.61 Å². The van der Waals surface area contributed by atoms with E-state index in [-0.39, 0.29) is 29.9 Å². The zero-order chi connectivity index (χ0) is 10.7. The summed E-state index contributed by atoms with van der Waals surface area (Å²) in [5, 5.41) is 0. The molecule has 1 atom stereocenters. The molecule has 0 amide bonds. The van der Waals surface area contributed by atoms with Crippen LogP contribution in [0.1, 0.15) is 29.8 Å². The molecule has 0 aliphatic carbocycles. The average molecular weight is 208 g/mol. The van der Waals surface area contributed by atoms with Crippen LogP contribution in [0.2, 0.25) is 0 Å². The largest absolute Gasteiger partial charge is 0.461 e. The van der Waals surface area contributed by atoms with Crippen LogP contribution in [0.15, 0.2) is 22.8 Å². The number of carbonyl (C=O) groups is 2. The molecule has 15 heavy (non-hydrogen) atoms. The van der Waals surface area contributed by atoms with Crippen LogP contribution in [0.3, 0.4) is 0 Å². The van der Waals surface area contributed by atoms with Gasteiger partial charge in [-0.3, -0.25) is 9.59 Å². The Balaban J connectivity index is 1.91. The van der Waals surface area contributed by atoms with Crippen molar-refractivity contribution >= 4 is 11.6 Å². The van der Waals surface area contributed by atoms with E-state index in [1.807, 2.05) is 0 Å². The van der Waals surface area contributed by atoms with Gasteiger partial charge < -0.3 is 9.15 Å². The number of hydrogen-bond acceptors (Lipinski definition) is 4. The molecular weight excluding hydrogens is 196 g/mol. The molecule has 1 aliphatic heterocycles. The summed E-state index contributed by atoms with van der Waals surface area (Å²) in [5.74, 6) is -0.184. The highest BCUT2D eigenvalue weighted by molar-refractivity contribution is 6.07. The molecule has 4 heteroatoms. The summed E-state index contributed by atoms with van der Waals surface area (Å²) >= 11 is 0. The van der Waals surface area contributed by atoms with E-state index in [0.717, 1.165) is 12.8 Å². The molecule has 4 nitrogen and oxygen atoms in total. The van der Waals surface area contributed by atoms with Gasteiger partial charge in [-0.25, -0.2) is 0 Å². The first-order valence-electron chi connectivity index (χ1n) is 4.98. The monoisotopic (exact) mass is 208 g/mol. The number of hydrogen-bond donors (Lipinski definition) is 0.